The Balaban J connectivity index is 1.67. The summed E-state index contributed by atoms with van der Waals surface area (Å²) in [6.07, 6.45) is 1.54. The number of benzene rings is 2. The molecule has 13 heteroatoms. The van der Waals surface area contributed by atoms with Crippen molar-refractivity contribution >= 4 is 63.5 Å². The number of nitro groups is 1. The topological polar surface area (TPSA) is 148 Å². The van der Waals surface area contributed by atoms with Crippen LogP contribution in [-0.2, 0) is 14.4 Å². The molecular weight excluding hydrogens is 486 g/mol. The van der Waals surface area contributed by atoms with Gasteiger partial charge in [-0.15, -0.1) is 0 Å². The van der Waals surface area contributed by atoms with Gasteiger partial charge >= 0.3 is 5.97 Å². The first-order valence-electron chi connectivity index (χ1n) is 9.50. The molecule has 0 spiro atoms. The first kappa shape index (κ1) is 24.7. The smallest absolute Gasteiger partial charge is 0.323 e. The molecule has 0 unspecified atom stereocenters. The molecule has 34 heavy (non-hydrogen) atoms. The molecule has 2 amide bonds. The number of nitro benzene ring substituents is 1. The lowest BCUT2D eigenvalue weighted by atomic mass is 10.2. The highest BCUT2D eigenvalue weighted by Gasteiger charge is 2.33. The number of thiocarbonyl (C=S) groups is 1. The molecular formula is C21H17N3O8S2. The molecule has 176 valence electrons. The number of carbonyl (C=O) groups is 3. The van der Waals surface area contributed by atoms with E-state index in [2.05, 4.69) is 5.32 Å². The number of anilines is 1. The molecule has 11 nitrogen and oxygen atoms in total. The third-order valence-electron chi connectivity index (χ3n) is 4.35. The summed E-state index contributed by atoms with van der Waals surface area (Å²) < 4.78 is 11.0. The van der Waals surface area contributed by atoms with Gasteiger partial charge in [0.25, 0.3) is 17.5 Å². The molecule has 1 fully saturated rings. The Morgan fingerprint density at radius 3 is 2.71 bits per heavy atom. The van der Waals surface area contributed by atoms with Crippen molar-refractivity contribution < 1.29 is 33.9 Å². The van der Waals surface area contributed by atoms with Gasteiger partial charge in [-0.3, -0.25) is 29.4 Å². The summed E-state index contributed by atoms with van der Waals surface area (Å²) in [5.74, 6) is -1.66. The zero-order chi connectivity index (χ0) is 24.8. The monoisotopic (exact) mass is 503 g/mol. The van der Waals surface area contributed by atoms with E-state index < -0.39 is 29.3 Å². The molecule has 3 rings (SSSR count). The number of hydrogen-bond donors (Lipinski definition) is 2. The van der Waals surface area contributed by atoms with Gasteiger partial charge < -0.3 is 19.9 Å². The van der Waals surface area contributed by atoms with Crippen LogP contribution in [0.25, 0.3) is 6.08 Å². The molecule has 1 heterocycles. The fraction of sp³-hybridized carbons (Fsp3) is 0.143. The molecule has 0 bridgehead atoms. The van der Waals surface area contributed by atoms with Gasteiger partial charge in [0, 0.05) is 17.8 Å². The molecule has 1 aliphatic heterocycles. The number of nitrogens with zero attached hydrogens (tertiary/aromatic N) is 2. The second-order valence-electron chi connectivity index (χ2n) is 6.72. The van der Waals surface area contributed by atoms with E-state index in [0.717, 1.165) is 16.7 Å². The SMILES string of the molecule is COc1cc(C=C2SC(=S)N(CC(=O)O)C2=O)ccc1OCC(=O)Nc1cccc([N+](=O)[O-])c1. The van der Waals surface area contributed by atoms with Crippen LogP contribution in [0.5, 0.6) is 11.5 Å². The standard InChI is InChI=1S/C21H17N3O8S2/c1-31-16-7-12(8-17-20(28)23(10-19(26)27)21(33)34-17)5-6-15(16)32-11-18(25)22-13-3-2-4-14(9-13)24(29)30/h2-9H,10-11H2,1H3,(H,22,25)(H,26,27). The molecule has 0 radical (unpaired) electrons. The van der Waals surface area contributed by atoms with Gasteiger partial charge in [0.2, 0.25) is 0 Å². The summed E-state index contributed by atoms with van der Waals surface area (Å²) in [4.78, 5) is 47.1. The predicted molar refractivity (Wildman–Crippen MR) is 128 cm³/mol. The third-order valence-corrected chi connectivity index (χ3v) is 5.73. The summed E-state index contributed by atoms with van der Waals surface area (Å²) in [7, 11) is 1.40. The quantitative estimate of drug-likeness (QED) is 0.226. The Morgan fingerprint density at radius 2 is 2.03 bits per heavy atom. The molecule has 1 saturated heterocycles. The molecule has 2 aromatic carbocycles. The lowest BCUT2D eigenvalue weighted by Crippen LogP contribution is -2.33. The van der Waals surface area contributed by atoms with Crippen LogP contribution in [0, 0.1) is 10.1 Å². The van der Waals surface area contributed by atoms with Crippen molar-refractivity contribution in [2.24, 2.45) is 0 Å². The van der Waals surface area contributed by atoms with Crippen molar-refractivity contribution in [2.45, 2.75) is 0 Å². The zero-order valence-corrected chi connectivity index (χ0v) is 19.2. The maximum Gasteiger partial charge on any atom is 0.323 e. The Bertz CT molecular complexity index is 1210. The number of aliphatic carboxylic acids is 1. The van der Waals surface area contributed by atoms with E-state index in [9.17, 15) is 24.5 Å². The maximum absolute atomic E-state index is 12.4. The molecule has 2 aromatic rings. The van der Waals surface area contributed by atoms with Crippen LogP contribution in [0.15, 0.2) is 47.4 Å². The van der Waals surface area contributed by atoms with Gasteiger partial charge in [-0.2, -0.15) is 0 Å². The Kier molecular flexibility index (Phi) is 7.81. The second kappa shape index (κ2) is 10.8. The molecule has 0 atom stereocenters. The minimum Gasteiger partial charge on any atom is -0.493 e. The number of ether oxygens (including phenoxy) is 2. The third kappa shape index (κ3) is 6.08. The Hall–Kier alpha value is -3.97. The first-order valence-corrected chi connectivity index (χ1v) is 10.7. The first-order chi connectivity index (χ1) is 16.2. The Labute approximate surface area is 202 Å². The van der Waals surface area contributed by atoms with Crippen molar-refractivity contribution in [2.75, 3.05) is 25.6 Å². The molecule has 0 saturated carbocycles. The van der Waals surface area contributed by atoms with Gasteiger partial charge in [-0.25, -0.2) is 0 Å². The maximum atomic E-state index is 12.4. The summed E-state index contributed by atoms with van der Waals surface area (Å²) in [6.45, 7) is -0.900. The average Bonchev–Trinajstić information content (AvgIpc) is 3.05. The normalized spacial score (nSPS) is 14.3. The van der Waals surface area contributed by atoms with E-state index in [-0.39, 0.29) is 38.7 Å². The van der Waals surface area contributed by atoms with E-state index in [1.54, 1.807) is 24.3 Å². The van der Waals surface area contributed by atoms with E-state index in [4.69, 9.17) is 26.8 Å². The highest BCUT2D eigenvalue weighted by atomic mass is 32.2. The van der Waals surface area contributed by atoms with Crippen LogP contribution in [0.4, 0.5) is 11.4 Å². The van der Waals surface area contributed by atoms with Gasteiger partial charge in [0.05, 0.1) is 16.9 Å². The van der Waals surface area contributed by atoms with Crippen LogP contribution < -0.4 is 14.8 Å². The van der Waals surface area contributed by atoms with Crippen molar-refractivity contribution in [3.8, 4) is 11.5 Å². The fourth-order valence-electron chi connectivity index (χ4n) is 2.85. The van der Waals surface area contributed by atoms with E-state index in [1.807, 2.05) is 0 Å². The second-order valence-corrected chi connectivity index (χ2v) is 8.39. The van der Waals surface area contributed by atoms with Gasteiger partial charge in [0.15, 0.2) is 18.1 Å². The summed E-state index contributed by atoms with van der Waals surface area (Å²) >= 11 is 6.06. The number of amides is 2. The van der Waals surface area contributed by atoms with Gasteiger partial charge in [0.1, 0.15) is 10.9 Å². The number of hydrogen-bond acceptors (Lipinski definition) is 9. The number of nitrogens with one attached hydrogen (secondary N) is 1. The summed E-state index contributed by atoms with van der Waals surface area (Å²) in [6, 6.07) is 10.3. The Morgan fingerprint density at radius 1 is 1.26 bits per heavy atom. The summed E-state index contributed by atoms with van der Waals surface area (Å²) in [5.41, 5.74) is 0.669. The number of rotatable bonds is 9. The number of carbonyl (C=O) groups excluding carboxylic acids is 2. The largest absolute Gasteiger partial charge is 0.493 e. The zero-order valence-electron chi connectivity index (χ0n) is 17.5. The average molecular weight is 504 g/mol. The molecule has 0 aliphatic carbocycles. The minimum atomic E-state index is -1.17. The number of carboxylic acid groups (broad SMARTS) is 1. The van der Waals surface area contributed by atoms with E-state index >= 15 is 0 Å². The summed E-state index contributed by atoms with van der Waals surface area (Å²) in [5, 5.41) is 22.3. The highest BCUT2D eigenvalue weighted by molar-refractivity contribution is 8.26. The minimum absolute atomic E-state index is 0.153. The lowest BCUT2D eigenvalue weighted by molar-refractivity contribution is -0.384. The lowest BCUT2D eigenvalue weighted by Gasteiger charge is -2.12. The van der Waals surface area contributed by atoms with E-state index in [0.29, 0.717) is 5.56 Å². The number of thioether (sulfide) groups is 1. The highest BCUT2D eigenvalue weighted by Crippen LogP contribution is 2.34. The molecule has 0 aromatic heterocycles. The number of carboxylic acids is 1. The number of non-ortho nitro benzene ring substituents is 1. The van der Waals surface area contributed by atoms with Crippen molar-refractivity contribution in [3.05, 3.63) is 63.0 Å². The molecule has 2 N–H and O–H groups in total. The van der Waals surface area contributed by atoms with Crippen LogP contribution in [0.1, 0.15) is 5.56 Å². The van der Waals surface area contributed by atoms with Crippen LogP contribution in [0.3, 0.4) is 0 Å². The predicted octanol–water partition coefficient (Wildman–Crippen LogP) is 2.91. The van der Waals surface area contributed by atoms with Crippen molar-refractivity contribution in [1.82, 2.24) is 4.90 Å². The van der Waals surface area contributed by atoms with Crippen molar-refractivity contribution in [3.63, 3.8) is 0 Å². The van der Waals surface area contributed by atoms with Crippen LogP contribution in [0.2, 0.25) is 0 Å². The van der Waals surface area contributed by atoms with Crippen molar-refractivity contribution in [1.29, 1.82) is 0 Å². The fourth-order valence-corrected chi connectivity index (χ4v) is 4.11. The van der Waals surface area contributed by atoms with Crippen LogP contribution >= 0.6 is 24.0 Å². The van der Waals surface area contributed by atoms with Gasteiger partial charge in [-0.1, -0.05) is 36.1 Å². The molecule has 1 aliphatic rings. The van der Waals surface area contributed by atoms with Gasteiger partial charge in [-0.05, 0) is 29.8 Å². The van der Waals surface area contributed by atoms with Crippen LogP contribution in [-0.4, -0.2) is 57.3 Å². The number of methoxy groups -OCH3 is 1. The van der Waals surface area contributed by atoms with E-state index in [1.165, 1.54) is 31.4 Å².